The van der Waals surface area contributed by atoms with Crippen LogP contribution in [-0.4, -0.2) is 56.8 Å². The van der Waals surface area contributed by atoms with Crippen LogP contribution >= 0.6 is 12.4 Å². The van der Waals surface area contributed by atoms with E-state index in [4.69, 9.17) is 9.47 Å². The van der Waals surface area contributed by atoms with Gasteiger partial charge in [0.05, 0.1) is 13.2 Å². The molecule has 0 radical (unpaired) electrons. The summed E-state index contributed by atoms with van der Waals surface area (Å²) in [6.07, 6.45) is 0. The van der Waals surface area contributed by atoms with E-state index in [0.717, 1.165) is 44.0 Å². The Morgan fingerprint density at radius 3 is 2.35 bits per heavy atom. The lowest BCUT2D eigenvalue weighted by Crippen LogP contribution is -2.42. The Morgan fingerprint density at radius 1 is 1.00 bits per heavy atom. The number of nitrogens with zero attached hydrogens (tertiary/aromatic N) is 1. The van der Waals surface area contributed by atoms with Crippen molar-refractivity contribution in [2.45, 2.75) is 0 Å². The van der Waals surface area contributed by atoms with Gasteiger partial charge in [0.1, 0.15) is 5.75 Å². The van der Waals surface area contributed by atoms with Gasteiger partial charge in [-0.15, -0.1) is 12.4 Å². The minimum atomic E-state index is -0.0969. The fourth-order valence-electron chi connectivity index (χ4n) is 2.75. The van der Waals surface area contributed by atoms with Crippen molar-refractivity contribution in [2.75, 3.05) is 46.0 Å². The van der Waals surface area contributed by atoms with Gasteiger partial charge >= 0.3 is 0 Å². The van der Waals surface area contributed by atoms with Crippen LogP contribution in [-0.2, 0) is 9.53 Å². The highest BCUT2D eigenvalue weighted by molar-refractivity contribution is 5.85. The fraction of sp³-hybridized carbons (Fsp3) is 0.350. The average Bonchev–Trinajstić information content (AvgIpc) is 2.68. The molecule has 0 spiro atoms. The van der Waals surface area contributed by atoms with Crippen molar-refractivity contribution in [1.82, 2.24) is 10.2 Å². The quantitative estimate of drug-likeness (QED) is 0.807. The summed E-state index contributed by atoms with van der Waals surface area (Å²) < 4.78 is 10.9. The zero-order chi connectivity index (χ0) is 17.3. The molecule has 1 amide bonds. The summed E-state index contributed by atoms with van der Waals surface area (Å²) in [4.78, 5) is 14.2. The molecule has 1 fully saturated rings. The SMILES string of the molecule is Cl.O=C(COc1ccc(-c2ccccc2)cc1)NCCN1CCOCC1. The Labute approximate surface area is 160 Å². The highest BCUT2D eigenvalue weighted by Crippen LogP contribution is 2.21. The van der Waals surface area contributed by atoms with Gasteiger partial charge in [-0.25, -0.2) is 0 Å². The Kier molecular flexibility index (Phi) is 8.41. The maximum absolute atomic E-state index is 11.9. The molecule has 2 aromatic rings. The van der Waals surface area contributed by atoms with Gasteiger partial charge in [0.2, 0.25) is 0 Å². The van der Waals surface area contributed by atoms with Gasteiger partial charge in [0.25, 0.3) is 5.91 Å². The predicted octanol–water partition coefficient (Wildman–Crippen LogP) is 2.60. The van der Waals surface area contributed by atoms with Crippen LogP contribution < -0.4 is 10.1 Å². The van der Waals surface area contributed by atoms with Crippen molar-refractivity contribution < 1.29 is 14.3 Å². The second-order valence-corrected chi connectivity index (χ2v) is 5.98. The van der Waals surface area contributed by atoms with Crippen molar-refractivity contribution >= 4 is 18.3 Å². The smallest absolute Gasteiger partial charge is 0.257 e. The van der Waals surface area contributed by atoms with E-state index in [1.54, 1.807) is 0 Å². The summed E-state index contributed by atoms with van der Waals surface area (Å²) in [6, 6.07) is 17.9. The molecule has 1 aliphatic rings. The molecule has 5 nitrogen and oxygen atoms in total. The Morgan fingerprint density at radius 2 is 1.65 bits per heavy atom. The molecule has 6 heteroatoms. The number of hydrogen-bond donors (Lipinski definition) is 1. The van der Waals surface area contributed by atoms with Crippen molar-refractivity contribution in [3.63, 3.8) is 0 Å². The lowest BCUT2D eigenvalue weighted by molar-refractivity contribution is -0.123. The lowest BCUT2D eigenvalue weighted by Gasteiger charge is -2.26. The summed E-state index contributed by atoms with van der Waals surface area (Å²) in [6.45, 7) is 4.93. The van der Waals surface area contributed by atoms with Crippen molar-refractivity contribution in [1.29, 1.82) is 0 Å². The van der Waals surface area contributed by atoms with Crippen LogP contribution in [0.3, 0.4) is 0 Å². The van der Waals surface area contributed by atoms with E-state index in [2.05, 4.69) is 22.3 Å². The van der Waals surface area contributed by atoms with E-state index >= 15 is 0 Å². The van der Waals surface area contributed by atoms with Crippen molar-refractivity contribution in [3.05, 3.63) is 54.6 Å². The monoisotopic (exact) mass is 376 g/mol. The Bertz CT molecular complexity index is 659. The number of carbonyl (C=O) groups is 1. The maximum Gasteiger partial charge on any atom is 0.257 e. The third-order valence-electron chi connectivity index (χ3n) is 4.19. The Hall–Kier alpha value is -2.08. The number of rotatable bonds is 7. The standard InChI is InChI=1S/C20H24N2O3.ClH/c23-20(21-10-11-22-12-14-24-15-13-22)16-25-19-8-6-18(7-9-19)17-4-2-1-3-5-17;/h1-9H,10-16H2,(H,21,23);1H. The molecule has 0 bridgehead atoms. The molecule has 0 aliphatic carbocycles. The second kappa shape index (κ2) is 10.8. The number of amides is 1. The number of halogens is 1. The van der Waals surface area contributed by atoms with Gasteiger partial charge in [-0.1, -0.05) is 42.5 Å². The summed E-state index contributed by atoms with van der Waals surface area (Å²) in [5.41, 5.74) is 2.29. The minimum Gasteiger partial charge on any atom is -0.484 e. The average molecular weight is 377 g/mol. The first-order valence-corrected chi connectivity index (χ1v) is 8.66. The van der Waals surface area contributed by atoms with E-state index < -0.39 is 0 Å². The van der Waals surface area contributed by atoms with Gasteiger partial charge < -0.3 is 14.8 Å². The number of benzene rings is 2. The molecule has 140 valence electrons. The molecular formula is C20H25ClN2O3. The number of carbonyl (C=O) groups excluding carboxylic acids is 1. The highest BCUT2D eigenvalue weighted by atomic mass is 35.5. The molecule has 1 heterocycles. The molecule has 2 aromatic carbocycles. The molecular weight excluding hydrogens is 352 g/mol. The molecule has 1 aliphatic heterocycles. The van der Waals surface area contributed by atoms with Gasteiger partial charge in [0, 0.05) is 26.2 Å². The largest absolute Gasteiger partial charge is 0.484 e. The van der Waals surface area contributed by atoms with Gasteiger partial charge in [-0.3, -0.25) is 9.69 Å². The highest BCUT2D eigenvalue weighted by Gasteiger charge is 2.10. The van der Waals surface area contributed by atoms with Crippen LogP contribution in [0.25, 0.3) is 11.1 Å². The van der Waals surface area contributed by atoms with Gasteiger partial charge in [0.15, 0.2) is 6.61 Å². The molecule has 26 heavy (non-hydrogen) atoms. The first-order valence-electron chi connectivity index (χ1n) is 8.66. The molecule has 0 aromatic heterocycles. The first kappa shape index (κ1) is 20.2. The lowest BCUT2D eigenvalue weighted by atomic mass is 10.1. The third kappa shape index (κ3) is 6.33. The summed E-state index contributed by atoms with van der Waals surface area (Å²) in [7, 11) is 0. The Balaban J connectivity index is 0.00000243. The summed E-state index contributed by atoms with van der Waals surface area (Å²) in [5.74, 6) is 0.600. The maximum atomic E-state index is 11.9. The summed E-state index contributed by atoms with van der Waals surface area (Å²) in [5, 5.41) is 2.89. The predicted molar refractivity (Wildman–Crippen MR) is 105 cm³/mol. The zero-order valence-electron chi connectivity index (χ0n) is 14.7. The van der Waals surface area contributed by atoms with Crippen molar-refractivity contribution in [3.8, 4) is 16.9 Å². The molecule has 0 atom stereocenters. The van der Waals surface area contributed by atoms with E-state index in [1.165, 1.54) is 0 Å². The van der Waals surface area contributed by atoms with E-state index in [9.17, 15) is 4.79 Å². The molecule has 0 unspecified atom stereocenters. The number of nitrogens with one attached hydrogen (secondary N) is 1. The molecule has 1 N–H and O–H groups in total. The second-order valence-electron chi connectivity index (χ2n) is 5.98. The van der Waals surface area contributed by atoms with Crippen LogP contribution in [0.4, 0.5) is 0 Å². The number of ether oxygens (including phenoxy) is 2. The topological polar surface area (TPSA) is 50.8 Å². The molecule has 3 rings (SSSR count). The van der Waals surface area contributed by atoms with E-state index in [1.807, 2.05) is 42.5 Å². The molecule has 1 saturated heterocycles. The molecule has 0 saturated carbocycles. The van der Waals surface area contributed by atoms with E-state index in [-0.39, 0.29) is 24.9 Å². The van der Waals surface area contributed by atoms with Crippen LogP contribution in [0.1, 0.15) is 0 Å². The number of morpholine rings is 1. The van der Waals surface area contributed by atoms with Crippen LogP contribution in [0.2, 0.25) is 0 Å². The number of hydrogen-bond acceptors (Lipinski definition) is 4. The summed E-state index contributed by atoms with van der Waals surface area (Å²) >= 11 is 0. The van der Waals surface area contributed by atoms with Gasteiger partial charge in [-0.2, -0.15) is 0 Å². The third-order valence-corrected chi connectivity index (χ3v) is 4.19. The minimum absolute atomic E-state index is 0. The normalized spacial score (nSPS) is 14.3. The van der Waals surface area contributed by atoms with Crippen molar-refractivity contribution in [2.24, 2.45) is 0 Å². The fourth-order valence-corrected chi connectivity index (χ4v) is 2.75. The van der Waals surface area contributed by atoms with Crippen LogP contribution in [0, 0.1) is 0 Å². The zero-order valence-corrected chi connectivity index (χ0v) is 15.5. The van der Waals surface area contributed by atoms with Crippen LogP contribution in [0.15, 0.2) is 54.6 Å². The van der Waals surface area contributed by atoms with Crippen LogP contribution in [0.5, 0.6) is 5.75 Å². The van der Waals surface area contributed by atoms with E-state index in [0.29, 0.717) is 12.3 Å². The first-order chi connectivity index (χ1) is 12.3. The van der Waals surface area contributed by atoms with Gasteiger partial charge in [-0.05, 0) is 23.3 Å².